The minimum atomic E-state index is -0.551. The van der Waals surface area contributed by atoms with E-state index in [1.54, 1.807) is 11.8 Å². The van der Waals surface area contributed by atoms with Gasteiger partial charge in [0.05, 0.1) is 32.5 Å². The predicted octanol–water partition coefficient (Wildman–Crippen LogP) is 6.53. The molecule has 1 heterocycles. The highest BCUT2D eigenvalue weighted by Gasteiger charge is 2.47. The summed E-state index contributed by atoms with van der Waals surface area (Å²) in [5, 5.41) is 4.13. The zero-order valence-electron chi connectivity index (χ0n) is 21.0. The van der Waals surface area contributed by atoms with Gasteiger partial charge in [-0.3, -0.25) is 0 Å². The molecule has 0 amide bonds. The van der Waals surface area contributed by atoms with E-state index in [1.807, 2.05) is 91.0 Å². The number of hydrogen-bond donors (Lipinski definition) is 0. The number of azide groups is 1. The van der Waals surface area contributed by atoms with Crippen molar-refractivity contribution in [3.63, 3.8) is 0 Å². The fourth-order valence-corrected chi connectivity index (χ4v) is 5.26. The average molecular weight is 520 g/mol. The van der Waals surface area contributed by atoms with Crippen molar-refractivity contribution in [3.05, 3.63) is 118 Å². The van der Waals surface area contributed by atoms with Gasteiger partial charge in [-0.15, -0.1) is 11.8 Å². The van der Waals surface area contributed by atoms with Crippen molar-refractivity contribution in [1.82, 2.24) is 0 Å². The van der Waals surface area contributed by atoms with Crippen LogP contribution in [0.3, 0.4) is 0 Å². The SMILES string of the molecule is CCS[C@@H]1O[C@H](COCc2ccccc2)[C@H](OCc2ccccc2)[C@H](OCc2ccccc2)[C@H]1N=[N+]=[N-]. The van der Waals surface area contributed by atoms with Crippen LogP contribution in [-0.4, -0.2) is 42.1 Å². The van der Waals surface area contributed by atoms with Gasteiger partial charge in [0.2, 0.25) is 0 Å². The number of benzene rings is 3. The van der Waals surface area contributed by atoms with Gasteiger partial charge in [0.15, 0.2) is 0 Å². The lowest BCUT2D eigenvalue weighted by Crippen LogP contribution is -2.59. The zero-order chi connectivity index (χ0) is 25.7. The maximum absolute atomic E-state index is 9.41. The maximum Gasteiger partial charge on any atom is 0.114 e. The molecule has 4 rings (SSSR count). The summed E-state index contributed by atoms with van der Waals surface area (Å²) < 4.78 is 25.5. The Morgan fingerprint density at radius 2 is 1.30 bits per heavy atom. The first kappa shape index (κ1) is 27.2. The van der Waals surface area contributed by atoms with E-state index in [2.05, 4.69) is 16.9 Å². The molecule has 1 fully saturated rings. The van der Waals surface area contributed by atoms with Crippen molar-refractivity contribution < 1.29 is 18.9 Å². The number of thioether (sulfide) groups is 1. The third-order valence-electron chi connectivity index (χ3n) is 6.09. The zero-order valence-corrected chi connectivity index (χ0v) is 21.8. The van der Waals surface area contributed by atoms with Crippen LogP contribution in [0.5, 0.6) is 0 Å². The molecule has 0 radical (unpaired) electrons. The van der Waals surface area contributed by atoms with Crippen molar-refractivity contribution in [2.75, 3.05) is 12.4 Å². The predicted molar refractivity (Wildman–Crippen MR) is 146 cm³/mol. The standard InChI is InChI=1S/C29H33N3O4S/c1-2-37-29-26(31-32-30)28(35-20-24-16-10-5-11-17-24)27(34-19-23-14-8-4-9-15-23)25(36-29)21-33-18-22-12-6-3-7-13-22/h3-17,25-29H,2,18-21H2,1H3/t25-,26-,27+,28-,29+/m1/s1. The molecule has 0 bridgehead atoms. The Morgan fingerprint density at radius 1 is 0.784 bits per heavy atom. The molecule has 1 saturated heterocycles. The molecule has 3 aromatic rings. The highest BCUT2D eigenvalue weighted by Crippen LogP contribution is 2.35. The van der Waals surface area contributed by atoms with E-state index >= 15 is 0 Å². The van der Waals surface area contributed by atoms with Gasteiger partial charge >= 0.3 is 0 Å². The van der Waals surface area contributed by atoms with Gasteiger partial charge in [-0.25, -0.2) is 0 Å². The van der Waals surface area contributed by atoms with E-state index in [-0.39, 0.29) is 5.44 Å². The first-order valence-corrected chi connectivity index (χ1v) is 13.6. The lowest BCUT2D eigenvalue weighted by Gasteiger charge is -2.44. The first-order valence-electron chi connectivity index (χ1n) is 12.5. The largest absolute Gasteiger partial charge is 0.374 e. The van der Waals surface area contributed by atoms with Gasteiger partial charge in [-0.05, 0) is 28.0 Å². The van der Waals surface area contributed by atoms with Gasteiger partial charge in [-0.2, -0.15) is 0 Å². The fraction of sp³-hybridized carbons (Fsp3) is 0.379. The van der Waals surface area contributed by atoms with Crippen LogP contribution in [0.25, 0.3) is 10.4 Å². The Labute approximate surface area is 222 Å². The monoisotopic (exact) mass is 519 g/mol. The summed E-state index contributed by atoms with van der Waals surface area (Å²) in [5.74, 6) is 0.806. The minimum Gasteiger partial charge on any atom is -0.374 e. The van der Waals surface area contributed by atoms with Crippen LogP contribution < -0.4 is 0 Å². The van der Waals surface area contributed by atoms with E-state index in [4.69, 9.17) is 18.9 Å². The quantitative estimate of drug-likeness (QED) is 0.146. The van der Waals surface area contributed by atoms with Crippen molar-refractivity contribution in [3.8, 4) is 0 Å². The molecule has 8 heteroatoms. The molecule has 0 N–H and O–H groups in total. The molecule has 0 aliphatic carbocycles. The van der Waals surface area contributed by atoms with E-state index in [1.165, 1.54) is 0 Å². The third-order valence-corrected chi connectivity index (χ3v) is 7.15. The minimum absolute atomic E-state index is 0.323. The summed E-state index contributed by atoms with van der Waals surface area (Å²) in [5.41, 5.74) is 12.2. The Bertz CT molecular complexity index is 1100. The van der Waals surface area contributed by atoms with Crippen molar-refractivity contribution >= 4 is 11.8 Å². The van der Waals surface area contributed by atoms with Crippen LogP contribution >= 0.6 is 11.8 Å². The molecule has 0 aromatic heterocycles. The molecule has 1 aliphatic rings. The summed E-state index contributed by atoms with van der Waals surface area (Å²) in [6.07, 6.45) is -1.41. The molecular formula is C29H33N3O4S. The van der Waals surface area contributed by atoms with Gasteiger partial charge < -0.3 is 18.9 Å². The van der Waals surface area contributed by atoms with Crippen molar-refractivity contribution in [2.45, 2.75) is 56.5 Å². The summed E-state index contributed by atoms with van der Waals surface area (Å²) >= 11 is 1.60. The number of rotatable bonds is 13. The van der Waals surface area contributed by atoms with E-state index in [0.717, 1.165) is 22.4 Å². The number of ether oxygens (including phenoxy) is 4. The lowest BCUT2D eigenvalue weighted by atomic mass is 9.97. The number of nitrogens with zero attached hydrogens (tertiary/aromatic N) is 3. The molecule has 7 nitrogen and oxygen atoms in total. The molecule has 0 spiro atoms. The highest BCUT2D eigenvalue weighted by molar-refractivity contribution is 7.99. The van der Waals surface area contributed by atoms with Crippen LogP contribution in [0.4, 0.5) is 0 Å². The maximum atomic E-state index is 9.41. The molecule has 37 heavy (non-hydrogen) atoms. The topological polar surface area (TPSA) is 85.7 Å². The van der Waals surface area contributed by atoms with E-state index < -0.39 is 24.4 Å². The fourth-order valence-electron chi connectivity index (χ4n) is 4.30. The first-order chi connectivity index (χ1) is 18.3. The van der Waals surface area contributed by atoms with E-state index in [9.17, 15) is 5.53 Å². The molecule has 5 atom stereocenters. The van der Waals surface area contributed by atoms with Gasteiger partial charge in [0.25, 0.3) is 0 Å². The van der Waals surface area contributed by atoms with Crippen molar-refractivity contribution in [1.29, 1.82) is 0 Å². The molecule has 3 aromatic carbocycles. The van der Waals surface area contributed by atoms with Crippen LogP contribution in [0.15, 0.2) is 96.1 Å². The van der Waals surface area contributed by atoms with Crippen LogP contribution in [0.1, 0.15) is 23.6 Å². The van der Waals surface area contributed by atoms with Gasteiger partial charge in [0.1, 0.15) is 23.7 Å². The third kappa shape index (κ3) is 8.07. The molecule has 0 unspecified atom stereocenters. The summed E-state index contributed by atoms with van der Waals surface area (Å²) in [7, 11) is 0. The second-order valence-electron chi connectivity index (χ2n) is 8.72. The number of hydrogen-bond acceptors (Lipinski definition) is 6. The lowest BCUT2D eigenvalue weighted by molar-refractivity contribution is -0.211. The average Bonchev–Trinajstić information content (AvgIpc) is 2.94. The molecule has 194 valence electrons. The Hall–Kier alpha value is -2.84. The second-order valence-corrected chi connectivity index (χ2v) is 10.1. The van der Waals surface area contributed by atoms with E-state index in [0.29, 0.717) is 26.4 Å². The van der Waals surface area contributed by atoms with Crippen LogP contribution in [0, 0.1) is 0 Å². The summed E-state index contributed by atoms with van der Waals surface area (Å²) in [6.45, 7) is 3.59. The van der Waals surface area contributed by atoms with Gasteiger partial charge in [-0.1, -0.05) is 103 Å². The summed E-state index contributed by atoms with van der Waals surface area (Å²) in [6, 6.07) is 29.4. The molecule has 0 saturated carbocycles. The Morgan fingerprint density at radius 3 is 1.81 bits per heavy atom. The van der Waals surface area contributed by atoms with Crippen molar-refractivity contribution in [2.24, 2.45) is 5.11 Å². The normalized spacial score (nSPS) is 23.3. The highest BCUT2D eigenvalue weighted by atomic mass is 32.2. The Balaban J connectivity index is 1.57. The summed E-state index contributed by atoms with van der Waals surface area (Å²) in [4.78, 5) is 3.14. The van der Waals surface area contributed by atoms with Crippen LogP contribution in [0.2, 0.25) is 0 Å². The second kappa shape index (κ2) is 14.8. The smallest absolute Gasteiger partial charge is 0.114 e. The van der Waals surface area contributed by atoms with Crippen LogP contribution in [-0.2, 0) is 38.8 Å². The Kier molecular flexibility index (Phi) is 10.9. The van der Waals surface area contributed by atoms with Gasteiger partial charge in [0, 0.05) is 4.91 Å². The molecule has 1 aliphatic heterocycles. The molecular weight excluding hydrogens is 486 g/mol.